The third-order valence-electron chi connectivity index (χ3n) is 5.53. The lowest BCUT2D eigenvalue weighted by Gasteiger charge is -2.26. The van der Waals surface area contributed by atoms with Gasteiger partial charge in [0.15, 0.2) is 6.61 Å². The zero-order chi connectivity index (χ0) is 22.9. The standard InChI is InChI=1S/C27H30N2O3S/c1-21-7-8-23(18-29-13-15-33-16-14-29)17-26(21)28-27(30)20-32-25-11-9-24(10-12-25)31-19-22-5-3-2-4-6-22/h2-12,17H,13-16,18-20H2,1H3,(H,28,30). The molecule has 3 aromatic carbocycles. The third kappa shape index (κ3) is 7.27. The lowest BCUT2D eigenvalue weighted by Crippen LogP contribution is -2.32. The largest absolute Gasteiger partial charge is 0.489 e. The number of carbonyl (C=O) groups is 1. The molecule has 3 aromatic rings. The van der Waals surface area contributed by atoms with Crippen LogP contribution < -0.4 is 14.8 Å². The van der Waals surface area contributed by atoms with E-state index in [1.165, 1.54) is 17.1 Å². The molecule has 0 radical (unpaired) electrons. The molecule has 1 N–H and O–H groups in total. The highest BCUT2D eigenvalue weighted by molar-refractivity contribution is 7.99. The average Bonchev–Trinajstić information content (AvgIpc) is 2.85. The molecule has 0 unspecified atom stereocenters. The number of anilines is 1. The highest BCUT2D eigenvalue weighted by Gasteiger charge is 2.12. The second kappa shape index (κ2) is 11.8. The summed E-state index contributed by atoms with van der Waals surface area (Å²) in [5.41, 5.74) is 4.22. The van der Waals surface area contributed by atoms with Crippen LogP contribution in [0.15, 0.2) is 72.8 Å². The minimum atomic E-state index is -0.172. The maximum absolute atomic E-state index is 12.5. The molecule has 0 aromatic heterocycles. The van der Waals surface area contributed by atoms with E-state index in [2.05, 4.69) is 28.4 Å². The number of nitrogens with zero attached hydrogens (tertiary/aromatic N) is 1. The summed E-state index contributed by atoms with van der Waals surface area (Å²) in [5, 5.41) is 3.00. The van der Waals surface area contributed by atoms with E-state index < -0.39 is 0 Å². The topological polar surface area (TPSA) is 50.8 Å². The van der Waals surface area contributed by atoms with Crippen molar-refractivity contribution in [1.82, 2.24) is 4.90 Å². The number of nitrogens with one attached hydrogen (secondary N) is 1. The maximum Gasteiger partial charge on any atom is 0.262 e. The normalized spacial score (nSPS) is 14.0. The van der Waals surface area contributed by atoms with Crippen LogP contribution >= 0.6 is 11.8 Å². The molecule has 4 rings (SSSR count). The maximum atomic E-state index is 12.5. The second-order valence-corrected chi connectivity index (χ2v) is 9.35. The monoisotopic (exact) mass is 462 g/mol. The van der Waals surface area contributed by atoms with Gasteiger partial charge in [-0.05, 0) is 53.9 Å². The first-order valence-corrected chi connectivity index (χ1v) is 12.4. The number of thioether (sulfide) groups is 1. The van der Waals surface area contributed by atoms with E-state index in [0.29, 0.717) is 12.4 Å². The minimum Gasteiger partial charge on any atom is -0.489 e. The molecule has 172 valence electrons. The molecule has 0 atom stereocenters. The quantitative estimate of drug-likeness (QED) is 0.477. The number of hydrogen-bond acceptors (Lipinski definition) is 5. The number of aryl methyl sites for hydroxylation is 1. The molecule has 6 heteroatoms. The first-order valence-electron chi connectivity index (χ1n) is 11.2. The van der Waals surface area contributed by atoms with Crippen LogP contribution in [0.25, 0.3) is 0 Å². The van der Waals surface area contributed by atoms with Crippen LogP contribution in [0, 0.1) is 6.92 Å². The number of amides is 1. The summed E-state index contributed by atoms with van der Waals surface area (Å²) in [7, 11) is 0. The van der Waals surface area contributed by atoms with Gasteiger partial charge < -0.3 is 14.8 Å². The zero-order valence-corrected chi connectivity index (χ0v) is 19.8. The van der Waals surface area contributed by atoms with Gasteiger partial charge in [-0.3, -0.25) is 9.69 Å². The fourth-order valence-electron chi connectivity index (χ4n) is 3.63. The van der Waals surface area contributed by atoms with Gasteiger partial charge in [0, 0.05) is 36.8 Å². The van der Waals surface area contributed by atoms with Crippen molar-refractivity contribution in [3.05, 3.63) is 89.5 Å². The van der Waals surface area contributed by atoms with Crippen LogP contribution in [0.2, 0.25) is 0 Å². The first-order chi connectivity index (χ1) is 16.2. The van der Waals surface area contributed by atoms with E-state index in [4.69, 9.17) is 9.47 Å². The Bertz CT molecular complexity index is 1030. The van der Waals surface area contributed by atoms with Gasteiger partial charge in [0.1, 0.15) is 18.1 Å². The molecule has 0 bridgehead atoms. The average molecular weight is 463 g/mol. The van der Waals surface area contributed by atoms with Crippen LogP contribution in [-0.2, 0) is 17.9 Å². The lowest BCUT2D eigenvalue weighted by molar-refractivity contribution is -0.118. The molecule has 1 aliphatic rings. The Labute approximate surface area is 200 Å². The Morgan fingerprint density at radius 3 is 2.33 bits per heavy atom. The third-order valence-corrected chi connectivity index (χ3v) is 6.47. The van der Waals surface area contributed by atoms with Crippen LogP contribution in [0.5, 0.6) is 11.5 Å². The lowest BCUT2D eigenvalue weighted by atomic mass is 10.1. The van der Waals surface area contributed by atoms with E-state index in [9.17, 15) is 4.79 Å². The van der Waals surface area contributed by atoms with E-state index in [1.54, 1.807) is 0 Å². The van der Waals surface area contributed by atoms with E-state index >= 15 is 0 Å². The zero-order valence-electron chi connectivity index (χ0n) is 19.0. The van der Waals surface area contributed by atoms with E-state index in [-0.39, 0.29) is 12.5 Å². The van der Waals surface area contributed by atoms with Gasteiger partial charge in [0.25, 0.3) is 5.91 Å². The second-order valence-electron chi connectivity index (χ2n) is 8.12. The SMILES string of the molecule is Cc1ccc(CN2CCSCC2)cc1NC(=O)COc1ccc(OCc2ccccc2)cc1. The van der Waals surface area contributed by atoms with Crippen LogP contribution in [0.1, 0.15) is 16.7 Å². The molecule has 1 amide bonds. The Balaban J connectivity index is 1.25. The Morgan fingerprint density at radius 2 is 1.61 bits per heavy atom. The number of hydrogen-bond donors (Lipinski definition) is 1. The summed E-state index contributed by atoms with van der Waals surface area (Å²) in [5.74, 6) is 3.59. The summed E-state index contributed by atoms with van der Waals surface area (Å²) in [6.45, 7) is 5.62. The van der Waals surface area contributed by atoms with Gasteiger partial charge in [-0.2, -0.15) is 11.8 Å². The summed E-state index contributed by atoms with van der Waals surface area (Å²) in [4.78, 5) is 15.0. The number of carbonyl (C=O) groups excluding carboxylic acids is 1. The van der Waals surface area contributed by atoms with Crippen molar-refractivity contribution in [3.63, 3.8) is 0 Å². The van der Waals surface area contributed by atoms with Gasteiger partial charge in [0.05, 0.1) is 0 Å². The molecule has 0 aliphatic carbocycles. The van der Waals surface area contributed by atoms with E-state index in [0.717, 1.165) is 42.2 Å². The molecule has 1 heterocycles. The van der Waals surface area contributed by atoms with Crippen molar-refractivity contribution in [3.8, 4) is 11.5 Å². The minimum absolute atomic E-state index is 0.0444. The molecule has 1 aliphatic heterocycles. The molecule has 0 saturated carbocycles. The number of benzene rings is 3. The van der Waals surface area contributed by atoms with Gasteiger partial charge >= 0.3 is 0 Å². The van der Waals surface area contributed by atoms with Gasteiger partial charge in [-0.15, -0.1) is 0 Å². The van der Waals surface area contributed by atoms with E-state index in [1.807, 2.05) is 73.3 Å². The Morgan fingerprint density at radius 1 is 0.909 bits per heavy atom. The van der Waals surface area contributed by atoms with Crippen molar-refractivity contribution >= 4 is 23.4 Å². The summed E-state index contributed by atoms with van der Waals surface area (Å²) in [6.07, 6.45) is 0. The highest BCUT2D eigenvalue weighted by atomic mass is 32.2. The summed E-state index contributed by atoms with van der Waals surface area (Å²) < 4.78 is 11.5. The molecule has 0 spiro atoms. The highest BCUT2D eigenvalue weighted by Crippen LogP contribution is 2.21. The van der Waals surface area contributed by atoms with Crippen molar-refractivity contribution in [2.24, 2.45) is 0 Å². The number of rotatable bonds is 9. The van der Waals surface area contributed by atoms with Crippen LogP contribution in [0.3, 0.4) is 0 Å². The van der Waals surface area contributed by atoms with Crippen LogP contribution in [0.4, 0.5) is 5.69 Å². The summed E-state index contributed by atoms with van der Waals surface area (Å²) in [6, 6.07) is 23.6. The predicted octanol–water partition coefficient (Wildman–Crippen LogP) is 5.14. The first kappa shape index (κ1) is 23.2. The summed E-state index contributed by atoms with van der Waals surface area (Å²) >= 11 is 2.01. The van der Waals surface area contributed by atoms with Crippen LogP contribution in [-0.4, -0.2) is 42.0 Å². The molecule has 1 fully saturated rings. The van der Waals surface area contributed by atoms with Crippen molar-refractivity contribution in [2.45, 2.75) is 20.1 Å². The Kier molecular flexibility index (Phi) is 8.28. The van der Waals surface area contributed by atoms with Crippen molar-refractivity contribution in [2.75, 3.05) is 36.5 Å². The van der Waals surface area contributed by atoms with Crippen molar-refractivity contribution in [1.29, 1.82) is 0 Å². The molecular formula is C27H30N2O3S. The Hall–Kier alpha value is -2.96. The van der Waals surface area contributed by atoms with Gasteiger partial charge in [-0.25, -0.2) is 0 Å². The molecule has 5 nitrogen and oxygen atoms in total. The molecule has 1 saturated heterocycles. The fraction of sp³-hybridized carbons (Fsp3) is 0.296. The molecular weight excluding hydrogens is 432 g/mol. The van der Waals surface area contributed by atoms with Gasteiger partial charge in [0.2, 0.25) is 0 Å². The smallest absolute Gasteiger partial charge is 0.262 e. The number of ether oxygens (including phenoxy) is 2. The fourth-order valence-corrected chi connectivity index (χ4v) is 4.61. The molecule has 33 heavy (non-hydrogen) atoms. The van der Waals surface area contributed by atoms with Gasteiger partial charge in [-0.1, -0.05) is 42.5 Å². The van der Waals surface area contributed by atoms with Crippen molar-refractivity contribution < 1.29 is 14.3 Å². The predicted molar refractivity (Wildman–Crippen MR) is 135 cm³/mol.